The molecule has 1 N–H and O–H groups in total. The third-order valence-corrected chi connectivity index (χ3v) is 5.21. The molecule has 1 aliphatic rings. The molecule has 1 aliphatic heterocycles. The third kappa shape index (κ3) is 3.76. The molecular formula is C19H20BrClN2O. The largest absolute Gasteiger partial charge is 0.368 e. The summed E-state index contributed by atoms with van der Waals surface area (Å²) in [5.74, 6) is -0.129. The summed E-state index contributed by atoms with van der Waals surface area (Å²) in [5, 5.41) is 3.43. The number of nitrogens with one attached hydrogen (secondary N) is 1. The molecule has 1 amide bonds. The van der Waals surface area contributed by atoms with E-state index in [1.807, 2.05) is 6.07 Å². The zero-order chi connectivity index (χ0) is 17.1. The average molecular weight is 408 g/mol. The van der Waals surface area contributed by atoms with Crippen LogP contribution in [0.5, 0.6) is 0 Å². The second kappa shape index (κ2) is 7.58. The smallest absolute Gasteiger partial charge is 0.252 e. The first kappa shape index (κ1) is 17.3. The Hall–Kier alpha value is -1.52. The van der Waals surface area contributed by atoms with Gasteiger partial charge in [0.15, 0.2) is 0 Å². The van der Waals surface area contributed by atoms with Crippen molar-refractivity contribution >= 4 is 39.1 Å². The van der Waals surface area contributed by atoms with Crippen LogP contribution in [-0.2, 0) is 6.42 Å². The van der Waals surface area contributed by atoms with Crippen LogP contribution < -0.4 is 10.2 Å². The highest BCUT2D eigenvalue weighted by molar-refractivity contribution is 9.10. The molecule has 0 saturated heterocycles. The highest BCUT2D eigenvalue weighted by Crippen LogP contribution is 2.31. The quantitative estimate of drug-likeness (QED) is 0.730. The highest BCUT2D eigenvalue weighted by atomic mass is 79.9. The molecule has 3 rings (SSSR count). The van der Waals surface area contributed by atoms with Crippen molar-refractivity contribution in [3.8, 4) is 0 Å². The van der Waals surface area contributed by atoms with Gasteiger partial charge in [0.1, 0.15) is 0 Å². The van der Waals surface area contributed by atoms with Crippen LogP contribution in [0.15, 0.2) is 46.9 Å². The van der Waals surface area contributed by atoms with Gasteiger partial charge in [-0.05, 0) is 49.6 Å². The van der Waals surface area contributed by atoms with Crippen molar-refractivity contribution in [2.75, 3.05) is 18.0 Å². The van der Waals surface area contributed by atoms with Gasteiger partial charge in [0.2, 0.25) is 0 Å². The maximum atomic E-state index is 12.2. The summed E-state index contributed by atoms with van der Waals surface area (Å²) in [5.41, 5.74) is 3.24. The monoisotopic (exact) mass is 406 g/mol. The lowest BCUT2D eigenvalue weighted by Gasteiger charge is -2.25. The number of benzene rings is 2. The number of carbonyl (C=O) groups is 1. The number of amides is 1. The molecule has 24 heavy (non-hydrogen) atoms. The van der Waals surface area contributed by atoms with Gasteiger partial charge >= 0.3 is 0 Å². The number of hydrogen-bond acceptors (Lipinski definition) is 2. The summed E-state index contributed by atoms with van der Waals surface area (Å²) in [7, 11) is 0. The minimum absolute atomic E-state index is 0.129. The Labute approximate surface area is 156 Å². The first-order valence-corrected chi connectivity index (χ1v) is 9.31. The minimum Gasteiger partial charge on any atom is -0.368 e. The van der Waals surface area contributed by atoms with Gasteiger partial charge in [-0.2, -0.15) is 0 Å². The maximum absolute atomic E-state index is 12.2. The van der Waals surface area contributed by atoms with Crippen molar-refractivity contribution < 1.29 is 4.79 Å². The van der Waals surface area contributed by atoms with E-state index < -0.39 is 0 Å². The number of nitrogens with zero attached hydrogens (tertiary/aromatic N) is 1. The zero-order valence-electron chi connectivity index (χ0n) is 13.6. The molecule has 2 aromatic rings. The average Bonchev–Trinajstić information content (AvgIpc) is 2.89. The molecule has 0 aliphatic carbocycles. The van der Waals surface area contributed by atoms with Crippen molar-refractivity contribution in [2.45, 2.75) is 25.8 Å². The van der Waals surface area contributed by atoms with Crippen LogP contribution in [0.4, 0.5) is 5.69 Å². The third-order valence-electron chi connectivity index (χ3n) is 4.38. The standard InChI is InChI=1S/C19H20BrClN2O/c1-13-11-14-5-2-3-6-18(14)23(13)10-4-9-22-19(24)16-12-15(20)7-8-17(16)21/h2-3,5-8,12-13H,4,9-11H2,1H3,(H,22,24). The fourth-order valence-corrected chi connectivity index (χ4v) is 3.75. The molecule has 126 valence electrons. The van der Waals surface area contributed by atoms with Crippen LogP contribution >= 0.6 is 27.5 Å². The summed E-state index contributed by atoms with van der Waals surface area (Å²) < 4.78 is 0.847. The first-order chi connectivity index (χ1) is 11.6. The molecule has 0 saturated carbocycles. The van der Waals surface area contributed by atoms with E-state index in [2.05, 4.69) is 57.3 Å². The van der Waals surface area contributed by atoms with Crippen LogP contribution in [0.2, 0.25) is 5.02 Å². The van der Waals surface area contributed by atoms with E-state index in [1.54, 1.807) is 12.1 Å². The van der Waals surface area contributed by atoms with Gasteiger partial charge in [-0.15, -0.1) is 0 Å². The van der Waals surface area contributed by atoms with Crippen LogP contribution in [0.1, 0.15) is 29.3 Å². The highest BCUT2D eigenvalue weighted by Gasteiger charge is 2.24. The fourth-order valence-electron chi connectivity index (χ4n) is 3.19. The molecule has 0 aromatic heterocycles. The van der Waals surface area contributed by atoms with Gasteiger partial charge in [-0.3, -0.25) is 4.79 Å². The van der Waals surface area contributed by atoms with E-state index in [0.717, 1.165) is 23.9 Å². The molecule has 1 heterocycles. The summed E-state index contributed by atoms with van der Waals surface area (Å²) in [4.78, 5) is 14.7. The Balaban J connectivity index is 1.52. The van der Waals surface area contributed by atoms with Crippen LogP contribution in [0, 0.1) is 0 Å². The Kier molecular flexibility index (Phi) is 5.47. The second-order valence-electron chi connectivity index (χ2n) is 6.11. The molecule has 5 heteroatoms. The summed E-state index contributed by atoms with van der Waals surface area (Å²) >= 11 is 9.46. The Morgan fingerprint density at radius 2 is 2.12 bits per heavy atom. The van der Waals surface area contributed by atoms with Crippen molar-refractivity contribution in [1.29, 1.82) is 0 Å². The van der Waals surface area contributed by atoms with Gasteiger partial charge in [0.05, 0.1) is 10.6 Å². The number of rotatable bonds is 5. The van der Waals surface area contributed by atoms with Gasteiger partial charge in [-0.1, -0.05) is 45.7 Å². The lowest BCUT2D eigenvalue weighted by molar-refractivity contribution is 0.0953. The normalized spacial score (nSPS) is 16.1. The molecule has 2 aromatic carbocycles. The van der Waals surface area contributed by atoms with Crippen LogP contribution in [0.3, 0.4) is 0 Å². The van der Waals surface area contributed by atoms with E-state index >= 15 is 0 Å². The van der Waals surface area contributed by atoms with E-state index in [-0.39, 0.29) is 5.91 Å². The molecule has 0 radical (unpaired) electrons. The number of halogens is 2. The molecule has 1 unspecified atom stereocenters. The van der Waals surface area contributed by atoms with E-state index in [1.165, 1.54) is 11.3 Å². The SMILES string of the molecule is CC1Cc2ccccc2N1CCCNC(=O)c1cc(Br)ccc1Cl. The fraction of sp³-hybridized carbons (Fsp3) is 0.316. The molecular weight excluding hydrogens is 388 g/mol. The molecule has 0 bridgehead atoms. The first-order valence-electron chi connectivity index (χ1n) is 8.14. The number of carbonyl (C=O) groups excluding carboxylic acids is 1. The van der Waals surface area contributed by atoms with E-state index in [4.69, 9.17) is 11.6 Å². The summed E-state index contributed by atoms with van der Waals surface area (Å²) in [6, 6.07) is 14.4. The Morgan fingerprint density at radius 3 is 2.96 bits per heavy atom. The topological polar surface area (TPSA) is 32.3 Å². The van der Waals surface area contributed by atoms with Crippen LogP contribution in [-0.4, -0.2) is 25.0 Å². The Bertz CT molecular complexity index is 750. The van der Waals surface area contributed by atoms with Gasteiger partial charge < -0.3 is 10.2 Å². The second-order valence-corrected chi connectivity index (χ2v) is 7.43. The number of hydrogen-bond donors (Lipinski definition) is 1. The molecule has 3 nitrogen and oxygen atoms in total. The lowest BCUT2D eigenvalue weighted by atomic mass is 10.1. The van der Waals surface area contributed by atoms with Gasteiger partial charge in [-0.25, -0.2) is 0 Å². The van der Waals surface area contributed by atoms with Gasteiger partial charge in [0, 0.05) is 29.3 Å². The number of fused-ring (bicyclic) bond motifs is 1. The van der Waals surface area contributed by atoms with Crippen molar-refractivity contribution in [3.05, 3.63) is 63.1 Å². The number of anilines is 1. The van der Waals surface area contributed by atoms with E-state index in [9.17, 15) is 4.79 Å². The Morgan fingerprint density at radius 1 is 1.33 bits per heavy atom. The van der Waals surface area contributed by atoms with Crippen LogP contribution in [0.25, 0.3) is 0 Å². The van der Waals surface area contributed by atoms with Gasteiger partial charge in [0.25, 0.3) is 5.91 Å². The van der Waals surface area contributed by atoms with E-state index in [0.29, 0.717) is 23.2 Å². The van der Waals surface area contributed by atoms with Crippen molar-refractivity contribution in [3.63, 3.8) is 0 Å². The number of para-hydroxylation sites is 1. The predicted octanol–water partition coefficient (Wildman–Crippen LogP) is 4.67. The summed E-state index contributed by atoms with van der Waals surface area (Å²) in [6.45, 7) is 3.82. The lowest BCUT2D eigenvalue weighted by Crippen LogP contribution is -2.33. The molecule has 0 fully saturated rings. The predicted molar refractivity (Wildman–Crippen MR) is 103 cm³/mol. The minimum atomic E-state index is -0.129. The van der Waals surface area contributed by atoms with Crippen molar-refractivity contribution in [2.24, 2.45) is 0 Å². The molecule has 1 atom stereocenters. The van der Waals surface area contributed by atoms with Crippen molar-refractivity contribution in [1.82, 2.24) is 5.32 Å². The summed E-state index contributed by atoms with van der Waals surface area (Å²) in [6.07, 6.45) is 1.99. The zero-order valence-corrected chi connectivity index (χ0v) is 15.9. The maximum Gasteiger partial charge on any atom is 0.252 e. The molecule has 0 spiro atoms.